The Morgan fingerprint density at radius 3 is 2.00 bits per heavy atom. The third-order valence-electron chi connectivity index (χ3n) is 7.87. The predicted molar refractivity (Wildman–Crippen MR) is 155 cm³/mol. The molecule has 2 aliphatic rings. The normalized spacial score (nSPS) is 12.8. The molecule has 0 spiro atoms. The van der Waals surface area contributed by atoms with Crippen molar-refractivity contribution in [2.24, 2.45) is 0 Å². The molecule has 4 nitrogen and oxygen atoms in total. The Bertz CT molecular complexity index is 1870. The number of hydrogen-bond donors (Lipinski definition) is 0. The Balaban J connectivity index is 1.47. The van der Waals surface area contributed by atoms with E-state index < -0.39 is 0 Å². The Kier molecular flexibility index (Phi) is 4.98. The highest BCUT2D eigenvalue weighted by molar-refractivity contribution is 6.15. The van der Waals surface area contributed by atoms with Crippen molar-refractivity contribution in [3.05, 3.63) is 95.4 Å². The van der Waals surface area contributed by atoms with Crippen molar-refractivity contribution in [3.8, 4) is 50.6 Å². The van der Waals surface area contributed by atoms with Gasteiger partial charge in [0.05, 0.1) is 32.7 Å². The van der Waals surface area contributed by atoms with Gasteiger partial charge < -0.3 is 19.1 Å². The Morgan fingerprint density at radius 2 is 1.29 bits per heavy atom. The number of ether oxygens (including phenoxy) is 3. The fourth-order valence-electron chi connectivity index (χ4n) is 6.03. The van der Waals surface area contributed by atoms with Gasteiger partial charge >= 0.3 is 0 Å². The quantitative estimate of drug-likeness (QED) is 0.289. The van der Waals surface area contributed by atoms with Crippen LogP contribution in [0.5, 0.6) is 17.2 Å². The van der Waals surface area contributed by atoms with Crippen LogP contribution in [0.2, 0.25) is 0 Å². The summed E-state index contributed by atoms with van der Waals surface area (Å²) in [6.07, 6.45) is 2.21. The molecule has 0 aromatic heterocycles. The molecule has 0 radical (unpaired) electrons. The lowest BCUT2D eigenvalue weighted by molar-refractivity contribution is 0.357. The van der Waals surface area contributed by atoms with Gasteiger partial charge in [-0.1, -0.05) is 66.7 Å². The van der Waals surface area contributed by atoms with Crippen molar-refractivity contribution in [2.45, 2.75) is 0 Å². The summed E-state index contributed by atoms with van der Waals surface area (Å²) < 4.78 is 17.5. The molecule has 0 bridgehead atoms. The molecule has 186 valence electrons. The van der Waals surface area contributed by atoms with Gasteiger partial charge in [-0.3, -0.25) is 0 Å². The summed E-state index contributed by atoms with van der Waals surface area (Å²) in [7, 11) is 7.28. The lowest BCUT2D eigenvalue weighted by Crippen LogP contribution is -2.44. The van der Waals surface area contributed by atoms with Gasteiger partial charge in [0, 0.05) is 34.0 Å². The van der Waals surface area contributed by atoms with Crippen LogP contribution < -0.4 is 29.5 Å². The largest absolute Gasteiger partial charge is 0.496 e. The Labute approximate surface area is 221 Å². The maximum Gasteiger partial charge on any atom is 0.169 e. The van der Waals surface area contributed by atoms with Crippen LogP contribution in [0.15, 0.2) is 84.9 Å². The van der Waals surface area contributed by atoms with E-state index >= 15 is 0 Å². The van der Waals surface area contributed by atoms with Gasteiger partial charge in [0.2, 0.25) is 0 Å². The van der Waals surface area contributed by atoms with Crippen LogP contribution in [0.25, 0.3) is 55.9 Å². The van der Waals surface area contributed by atoms with E-state index in [1.807, 2.05) is 6.07 Å². The minimum absolute atomic E-state index is 0.716. The second-order valence-corrected chi connectivity index (χ2v) is 9.68. The molecule has 1 heterocycles. The number of rotatable bonds is 5. The highest BCUT2D eigenvalue weighted by Crippen LogP contribution is 2.50. The van der Waals surface area contributed by atoms with Gasteiger partial charge in [-0.15, -0.1) is 0 Å². The van der Waals surface area contributed by atoms with Gasteiger partial charge in [0.1, 0.15) is 5.75 Å². The van der Waals surface area contributed by atoms with Crippen molar-refractivity contribution in [3.63, 3.8) is 0 Å². The molecule has 5 aromatic carbocycles. The average molecular weight is 498 g/mol. The number of nitrogens with zero attached hydrogens (tertiary/aromatic N) is 1. The van der Waals surface area contributed by atoms with Gasteiger partial charge in [-0.2, -0.15) is 0 Å². The lowest BCUT2D eigenvalue weighted by Gasteiger charge is -2.34. The van der Waals surface area contributed by atoms with E-state index in [0.29, 0.717) is 5.75 Å². The first-order valence-corrected chi connectivity index (χ1v) is 12.7. The molecule has 38 heavy (non-hydrogen) atoms. The van der Waals surface area contributed by atoms with Crippen molar-refractivity contribution in [1.82, 2.24) is 0 Å². The van der Waals surface area contributed by atoms with Crippen LogP contribution in [0.3, 0.4) is 0 Å². The zero-order valence-electron chi connectivity index (χ0n) is 21.8. The van der Waals surface area contributed by atoms with Crippen LogP contribution in [0.1, 0.15) is 0 Å². The molecule has 1 aliphatic heterocycles. The summed E-state index contributed by atoms with van der Waals surface area (Å²) in [5.74, 6) is 2.37. The third kappa shape index (κ3) is 3.04. The SMILES string of the molecule is COc1cc2c3c(ccc2c(-c2ccc(-c4ccccc4)cc2)c1OC)-c1ccc(OC)c2c1=C(C=2)N3C. The molecule has 0 saturated heterocycles. The standard InChI is InChI=1S/C34H27NO3/c1-35-28-18-27-29(36-2)17-16-23(32(27)28)25-15-14-24-26(33(25)35)19-30(37-3)34(38-4)31(24)22-12-10-21(11-13-22)20-8-6-5-7-9-20/h5-19H,1-4H3. The number of fused-ring (bicyclic) bond motifs is 4. The summed E-state index contributed by atoms with van der Waals surface area (Å²) in [6.45, 7) is 0. The number of methoxy groups -OCH3 is 3. The average Bonchev–Trinajstić information content (AvgIpc) is 2.95. The first-order chi connectivity index (χ1) is 18.6. The summed E-state index contributed by atoms with van der Waals surface area (Å²) in [5.41, 5.74) is 9.29. The highest BCUT2D eigenvalue weighted by atomic mass is 16.5. The Morgan fingerprint density at radius 1 is 0.605 bits per heavy atom. The first kappa shape index (κ1) is 22.5. The number of hydrogen-bond acceptors (Lipinski definition) is 4. The van der Waals surface area contributed by atoms with Crippen molar-refractivity contribution in [1.29, 1.82) is 0 Å². The van der Waals surface area contributed by atoms with E-state index in [9.17, 15) is 0 Å². The second-order valence-electron chi connectivity index (χ2n) is 9.68. The predicted octanol–water partition coefficient (Wildman–Crippen LogP) is 6.22. The van der Waals surface area contributed by atoms with Gasteiger partial charge in [-0.25, -0.2) is 0 Å². The maximum absolute atomic E-state index is 5.96. The molecule has 1 aliphatic carbocycles. The van der Waals surface area contributed by atoms with E-state index in [4.69, 9.17) is 14.2 Å². The minimum Gasteiger partial charge on any atom is -0.496 e. The minimum atomic E-state index is 0.716. The molecule has 0 unspecified atom stereocenters. The van der Waals surface area contributed by atoms with E-state index in [2.05, 4.69) is 96.9 Å². The van der Waals surface area contributed by atoms with Gasteiger partial charge in [0.25, 0.3) is 0 Å². The van der Waals surface area contributed by atoms with Crippen molar-refractivity contribution >= 4 is 28.2 Å². The van der Waals surface area contributed by atoms with Gasteiger partial charge in [-0.05, 0) is 51.9 Å². The van der Waals surface area contributed by atoms with E-state index in [1.54, 1.807) is 21.3 Å². The van der Waals surface area contributed by atoms with Crippen LogP contribution >= 0.6 is 0 Å². The molecule has 0 atom stereocenters. The fraction of sp³-hybridized carbons (Fsp3) is 0.118. The van der Waals surface area contributed by atoms with Crippen LogP contribution in [-0.2, 0) is 0 Å². The van der Waals surface area contributed by atoms with Crippen LogP contribution in [0, 0.1) is 0 Å². The summed E-state index contributed by atoms with van der Waals surface area (Å²) in [6, 6.07) is 29.9. The smallest absolute Gasteiger partial charge is 0.169 e. The molecular formula is C34H27NO3. The Hall–Kier alpha value is -4.70. The van der Waals surface area contributed by atoms with Crippen molar-refractivity contribution < 1.29 is 14.2 Å². The first-order valence-electron chi connectivity index (χ1n) is 12.7. The monoisotopic (exact) mass is 497 g/mol. The fourth-order valence-corrected chi connectivity index (χ4v) is 6.03. The number of benzene rings is 5. The van der Waals surface area contributed by atoms with Gasteiger partial charge in [0.15, 0.2) is 11.5 Å². The second kappa shape index (κ2) is 8.42. The van der Waals surface area contributed by atoms with E-state index in [1.165, 1.54) is 44.1 Å². The molecule has 0 N–H and O–H groups in total. The van der Waals surface area contributed by atoms with E-state index in [-0.39, 0.29) is 0 Å². The van der Waals surface area contributed by atoms with Crippen LogP contribution in [0.4, 0.5) is 5.69 Å². The number of anilines is 1. The molecule has 0 saturated carbocycles. The molecular weight excluding hydrogens is 470 g/mol. The molecule has 0 fully saturated rings. The van der Waals surface area contributed by atoms with Crippen LogP contribution in [-0.4, -0.2) is 28.4 Å². The lowest BCUT2D eigenvalue weighted by atomic mass is 9.85. The zero-order valence-corrected chi connectivity index (χ0v) is 21.8. The molecule has 7 rings (SSSR count). The maximum atomic E-state index is 5.96. The third-order valence-corrected chi connectivity index (χ3v) is 7.87. The topological polar surface area (TPSA) is 30.9 Å². The summed E-state index contributed by atoms with van der Waals surface area (Å²) >= 11 is 0. The summed E-state index contributed by atoms with van der Waals surface area (Å²) in [5, 5.41) is 4.68. The highest BCUT2D eigenvalue weighted by Gasteiger charge is 2.29. The zero-order chi connectivity index (χ0) is 26.0. The molecule has 0 amide bonds. The summed E-state index contributed by atoms with van der Waals surface area (Å²) in [4.78, 5) is 2.29. The van der Waals surface area contributed by atoms with Crippen molar-refractivity contribution in [2.75, 3.05) is 33.3 Å². The molecule has 4 heteroatoms. The van der Waals surface area contributed by atoms with E-state index in [0.717, 1.165) is 33.4 Å². The molecule has 5 aromatic rings.